The second-order valence-corrected chi connectivity index (χ2v) is 10.4. The van der Waals surface area contributed by atoms with Crippen molar-refractivity contribution in [3.8, 4) is 22.5 Å². The molecule has 0 unspecified atom stereocenters. The fourth-order valence-electron chi connectivity index (χ4n) is 4.76. The number of hydrogen-bond donors (Lipinski definition) is 1. The van der Waals surface area contributed by atoms with Crippen LogP contribution >= 0.6 is 0 Å². The summed E-state index contributed by atoms with van der Waals surface area (Å²) in [7, 11) is 5.75. The van der Waals surface area contributed by atoms with Crippen molar-refractivity contribution in [2.45, 2.75) is 6.54 Å². The van der Waals surface area contributed by atoms with Gasteiger partial charge in [-0.25, -0.2) is 14.4 Å². The molecule has 1 aliphatic rings. The van der Waals surface area contributed by atoms with Gasteiger partial charge in [-0.2, -0.15) is 0 Å². The van der Waals surface area contributed by atoms with Gasteiger partial charge in [0.05, 0.1) is 29.0 Å². The number of benzene rings is 3. The highest BCUT2D eigenvalue weighted by atomic mass is 19.1. The maximum atomic E-state index is 13.7. The Bertz CT molecular complexity index is 1530. The molecule has 1 aliphatic heterocycles. The van der Waals surface area contributed by atoms with Crippen LogP contribution in [-0.2, 0) is 11.3 Å². The van der Waals surface area contributed by atoms with E-state index in [1.54, 1.807) is 24.3 Å². The first kappa shape index (κ1) is 27.4. The molecule has 0 saturated carbocycles. The lowest BCUT2D eigenvalue weighted by Gasteiger charge is -2.32. The largest absolute Gasteiger partial charge is 0.351 e. The van der Waals surface area contributed by atoms with E-state index in [9.17, 15) is 14.0 Å². The van der Waals surface area contributed by atoms with Crippen LogP contribution in [-0.4, -0.2) is 90.3 Å². The molecule has 1 N–H and O–H groups in total. The summed E-state index contributed by atoms with van der Waals surface area (Å²) in [5, 5.41) is 2.94. The molecule has 1 fully saturated rings. The molecule has 3 aromatic carbocycles. The van der Waals surface area contributed by atoms with E-state index in [0.717, 1.165) is 29.8 Å². The van der Waals surface area contributed by atoms with E-state index >= 15 is 0 Å². The van der Waals surface area contributed by atoms with Crippen LogP contribution < -0.4 is 5.32 Å². The number of nitrogens with one attached hydrogen (secondary N) is 1. The van der Waals surface area contributed by atoms with Gasteiger partial charge >= 0.3 is 0 Å². The van der Waals surface area contributed by atoms with Gasteiger partial charge in [-0.1, -0.05) is 18.2 Å². The molecule has 0 bridgehead atoms. The average molecular weight is 541 g/mol. The van der Waals surface area contributed by atoms with Crippen LogP contribution in [0.5, 0.6) is 0 Å². The van der Waals surface area contributed by atoms with Crippen molar-refractivity contribution >= 4 is 22.8 Å². The Kier molecular flexibility index (Phi) is 8.14. The van der Waals surface area contributed by atoms with Crippen LogP contribution in [0, 0.1) is 5.82 Å². The normalized spacial score (nSPS) is 14.1. The monoisotopic (exact) mass is 540 g/mol. The van der Waals surface area contributed by atoms with E-state index in [1.165, 1.54) is 12.1 Å². The highest BCUT2D eigenvalue weighted by molar-refractivity contribution is 5.98. The molecule has 9 heteroatoms. The Morgan fingerprint density at radius 3 is 2.30 bits per heavy atom. The maximum absolute atomic E-state index is 13.7. The number of halogens is 1. The highest BCUT2D eigenvalue weighted by Crippen LogP contribution is 2.32. The van der Waals surface area contributed by atoms with Crippen molar-refractivity contribution in [1.29, 1.82) is 0 Å². The molecule has 4 aromatic rings. The molecule has 0 spiro atoms. The first-order chi connectivity index (χ1) is 19.3. The highest BCUT2D eigenvalue weighted by Gasteiger charge is 2.21. The standard InChI is InChI=1S/C31H33FN6O2/c1-36(2)20-28(39)33-19-21-5-4-6-23(17-21)30-29(22-7-10-25(32)11-8-22)34-26-12-9-24(18-27(26)35-30)31(40)38-15-13-37(3)14-16-38/h4-12,17-18H,13-16,19-20H2,1-3H3,(H,33,39). The molecule has 206 valence electrons. The minimum Gasteiger partial charge on any atom is -0.351 e. The van der Waals surface area contributed by atoms with Crippen LogP contribution in [0.2, 0.25) is 0 Å². The van der Waals surface area contributed by atoms with Gasteiger partial charge in [0.1, 0.15) is 5.82 Å². The second kappa shape index (κ2) is 11.9. The van der Waals surface area contributed by atoms with Gasteiger partial charge in [0.15, 0.2) is 0 Å². The summed E-state index contributed by atoms with van der Waals surface area (Å²) in [6.45, 7) is 3.74. The predicted octanol–water partition coefficient (Wildman–Crippen LogP) is 3.67. The van der Waals surface area contributed by atoms with E-state index < -0.39 is 0 Å². The quantitative estimate of drug-likeness (QED) is 0.385. The Labute approximate surface area is 233 Å². The number of rotatable bonds is 7. The number of piperazine rings is 1. The van der Waals surface area contributed by atoms with Gasteiger partial charge in [0.25, 0.3) is 5.91 Å². The van der Waals surface area contributed by atoms with Crippen LogP contribution in [0.15, 0.2) is 66.7 Å². The van der Waals surface area contributed by atoms with Gasteiger partial charge in [-0.15, -0.1) is 0 Å². The number of nitrogens with zero attached hydrogens (tertiary/aromatic N) is 5. The Balaban J connectivity index is 1.53. The number of aromatic nitrogens is 2. The molecule has 0 aliphatic carbocycles. The Morgan fingerprint density at radius 1 is 0.875 bits per heavy atom. The Hall–Kier alpha value is -4.21. The molecule has 5 rings (SSSR count). The number of hydrogen-bond acceptors (Lipinski definition) is 6. The van der Waals surface area contributed by atoms with Gasteiger partial charge in [-0.3, -0.25) is 9.59 Å². The lowest BCUT2D eigenvalue weighted by Crippen LogP contribution is -2.47. The zero-order chi connectivity index (χ0) is 28.2. The van der Waals surface area contributed by atoms with E-state index in [1.807, 2.05) is 54.2 Å². The number of amides is 2. The fourth-order valence-corrected chi connectivity index (χ4v) is 4.76. The molecule has 1 saturated heterocycles. The summed E-state index contributed by atoms with van der Waals surface area (Å²) in [4.78, 5) is 41.2. The number of likely N-dealkylation sites (N-methyl/N-ethyl adjacent to an activating group) is 2. The van der Waals surface area contributed by atoms with Crippen molar-refractivity contribution in [2.75, 3.05) is 53.9 Å². The summed E-state index contributed by atoms with van der Waals surface area (Å²) in [6.07, 6.45) is 0. The molecule has 1 aromatic heterocycles. The molecule has 8 nitrogen and oxygen atoms in total. The smallest absolute Gasteiger partial charge is 0.254 e. The SMILES string of the molecule is CN(C)CC(=O)NCc1cccc(-c2nc3cc(C(=O)N4CCN(C)CC4)ccc3nc2-c2ccc(F)cc2)c1. The van der Waals surface area contributed by atoms with E-state index in [2.05, 4.69) is 17.3 Å². The van der Waals surface area contributed by atoms with E-state index in [-0.39, 0.29) is 17.6 Å². The lowest BCUT2D eigenvalue weighted by molar-refractivity contribution is -0.121. The topological polar surface area (TPSA) is 81.7 Å². The van der Waals surface area contributed by atoms with Crippen molar-refractivity contribution < 1.29 is 14.0 Å². The van der Waals surface area contributed by atoms with Gasteiger partial charge in [-0.05, 0) is 75.2 Å². The third-order valence-corrected chi connectivity index (χ3v) is 6.97. The van der Waals surface area contributed by atoms with Crippen molar-refractivity contribution in [1.82, 2.24) is 30.0 Å². The van der Waals surface area contributed by atoms with Crippen LogP contribution in [0.3, 0.4) is 0 Å². The minimum atomic E-state index is -0.332. The van der Waals surface area contributed by atoms with Gasteiger partial charge in [0, 0.05) is 49.4 Å². The molecule has 2 heterocycles. The molecule has 0 radical (unpaired) electrons. The maximum Gasteiger partial charge on any atom is 0.254 e. The summed E-state index contributed by atoms with van der Waals surface area (Å²) < 4.78 is 13.7. The molecular formula is C31H33FN6O2. The average Bonchev–Trinajstić information content (AvgIpc) is 2.95. The summed E-state index contributed by atoms with van der Waals surface area (Å²) in [5.74, 6) is -0.413. The minimum absolute atomic E-state index is 0.0172. The first-order valence-corrected chi connectivity index (χ1v) is 13.3. The van der Waals surface area contributed by atoms with Crippen molar-refractivity contribution in [3.05, 3.63) is 83.7 Å². The zero-order valence-electron chi connectivity index (χ0n) is 23.0. The summed E-state index contributed by atoms with van der Waals surface area (Å²) >= 11 is 0. The van der Waals surface area contributed by atoms with Gasteiger partial charge < -0.3 is 20.0 Å². The lowest BCUT2D eigenvalue weighted by atomic mass is 10.0. The molecule has 2 amide bonds. The summed E-state index contributed by atoms with van der Waals surface area (Å²) in [5.41, 5.74) is 5.50. The second-order valence-electron chi connectivity index (χ2n) is 10.4. The number of fused-ring (bicyclic) bond motifs is 1. The van der Waals surface area contributed by atoms with Gasteiger partial charge in [0.2, 0.25) is 5.91 Å². The number of carbonyl (C=O) groups is 2. The first-order valence-electron chi connectivity index (χ1n) is 13.3. The third kappa shape index (κ3) is 6.32. The zero-order valence-corrected chi connectivity index (χ0v) is 23.0. The molecule has 0 atom stereocenters. The third-order valence-electron chi connectivity index (χ3n) is 6.97. The van der Waals surface area contributed by atoms with E-state index in [0.29, 0.717) is 54.2 Å². The van der Waals surface area contributed by atoms with Crippen LogP contribution in [0.4, 0.5) is 4.39 Å². The summed E-state index contributed by atoms with van der Waals surface area (Å²) in [6, 6.07) is 19.4. The molecule has 40 heavy (non-hydrogen) atoms. The predicted molar refractivity (Wildman–Crippen MR) is 154 cm³/mol. The van der Waals surface area contributed by atoms with Crippen molar-refractivity contribution in [2.24, 2.45) is 0 Å². The Morgan fingerprint density at radius 2 is 1.57 bits per heavy atom. The van der Waals surface area contributed by atoms with Crippen LogP contribution in [0.1, 0.15) is 15.9 Å². The van der Waals surface area contributed by atoms with Crippen molar-refractivity contribution in [3.63, 3.8) is 0 Å². The van der Waals surface area contributed by atoms with Crippen LogP contribution in [0.25, 0.3) is 33.5 Å². The van der Waals surface area contributed by atoms with E-state index in [4.69, 9.17) is 9.97 Å². The molecular weight excluding hydrogens is 507 g/mol. The number of carbonyl (C=O) groups excluding carboxylic acids is 2. The fraction of sp³-hybridized carbons (Fsp3) is 0.290.